The van der Waals surface area contributed by atoms with E-state index in [0.717, 1.165) is 16.8 Å². The van der Waals surface area contributed by atoms with E-state index in [1.807, 2.05) is 31.4 Å². The largest absolute Gasteiger partial charge is 0.302 e. The minimum absolute atomic E-state index is 0.00605. The number of carbonyl (C=O) groups excluding carboxylic acids is 1. The summed E-state index contributed by atoms with van der Waals surface area (Å²) in [5.41, 5.74) is 4.21. The van der Waals surface area contributed by atoms with Crippen molar-refractivity contribution in [3.63, 3.8) is 0 Å². The van der Waals surface area contributed by atoms with Crippen LogP contribution in [0.25, 0.3) is 11.3 Å². The number of thiazole rings is 1. The molecule has 1 N–H and O–H groups in total. The standard InChI is InChI=1S/C17H18N2O3S2/c1-11-3-4-14(12(2)7-11)15-9-23-17(18-15)19-16(20)8-13-5-6-24(21,22)10-13/h3-7,9,13H,8,10H2,1-2H3,(H,18,19,20). The Kier molecular flexibility index (Phi) is 4.56. The van der Waals surface area contributed by atoms with Crippen molar-refractivity contribution >= 4 is 32.2 Å². The van der Waals surface area contributed by atoms with Gasteiger partial charge in [0.05, 0.1) is 11.4 Å². The predicted octanol–water partition coefficient (Wildman–Crippen LogP) is 3.31. The Morgan fingerprint density at radius 3 is 2.83 bits per heavy atom. The molecule has 0 bridgehead atoms. The van der Waals surface area contributed by atoms with Crippen LogP contribution < -0.4 is 5.32 Å². The molecule has 2 aromatic rings. The predicted molar refractivity (Wildman–Crippen MR) is 96.7 cm³/mol. The lowest BCUT2D eigenvalue weighted by molar-refractivity contribution is -0.116. The molecule has 0 saturated carbocycles. The van der Waals surface area contributed by atoms with Gasteiger partial charge in [-0.3, -0.25) is 4.79 Å². The molecule has 1 atom stereocenters. The van der Waals surface area contributed by atoms with Crippen molar-refractivity contribution in [3.8, 4) is 11.3 Å². The summed E-state index contributed by atoms with van der Waals surface area (Å²) < 4.78 is 22.7. The lowest BCUT2D eigenvalue weighted by Gasteiger charge is -2.06. The van der Waals surface area contributed by atoms with E-state index in [1.54, 1.807) is 6.08 Å². The van der Waals surface area contributed by atoms with Gasteiger partial charge in [-0.1, -0.05) is 29.8 Å². The number of aromatic nitrogens is 1. The number of hydrogen-bond acceptors (Lipinski definition) is 5. The van der Waals surface area contributed by atoms with Gasteiger partial charge in [0.1, 0.15) is 0 Å². The molecule has 0 radical (unpaired) electrons. The Bertz CT molecular complexity index is 914. The Morgan fingerprint density at radius 2 is 2.17 bits per heavy atom. The molecular weight excluding hydrogens is 344 g/mol. The van der Waals surface area contributed by atoms with Crippen LogP contribution in [0.5, 0.6) is 0 Å². The van der Waals surface area contributed by atoms with Crippen LogP contribution in [-0.4, -0.2) is 25.1 Å². The van der Waals surface area contributed by atoms with Gasteiger partial charge in [0, 0.05) is 28.7 Å². The van der Waals surface area contributed by atoms with Gasteiger partial charge in [-0.15, -0.1) is 11.3 Å². The van der Waals surface area contributed by atoms with Gasteiger partial charge in [0.2, 0.25) is 5.91 Å². The number of anilines is 1. The average molecular weight is 362 g/mol. The first-order valence-corrected chi connectivity index (χ1v) is 10.2. The van der Waals surface area contributed by atoms with Crippen molar-refractivity contribution < 1.29 is 13.2 Å². The molecule has 0 fully saturated rings. The molecule has 3 rings (SSSR count). The normalized spacial score (nSPS) is 18.7. The van der Waals surface area contributed by atoms with E-state index in [9.17, 15) is 13.2 Å². The number of carbonyl (C=O) groups is 1. The zero-order chi connectivity index (χ0) is 17.3. The third-order valence-corrected chi connectivity index (χ3v) is 6.08. The Morgan fingerprint density at radius 1 is 1.38 bits per heavy atom. The fourth-order valence-electron chi connectivity index (χ4n) is 2.73. The molecule has 0 spiro atoms. The van der Waals surface area contributed by atoms with Gasteiger partial charge in [-0.2, -0.15) is 0 Å². The molecule has 1 aliphatic heterocycles. The summed E-state index contributed by atoms with van der Waals surface area (Å²) in [6.45, 7) is 4.08. The van der Waals surface area contributed by atoms with E-state index in [-0.39, 0.29) is 24.0 Å². The van der Waals surface area contributed by atoms with Crippen molar-refractivity contribution in [2.75, 3.05) is 11.1 Å². The summed E-state index contributed by atoms with van der Waals surface area (Å²) in [5.74, 6) is -0.469. The van der Waals surface area contributed by atoms with Crippen LogP contribution >= 0.6 is 11.3 Å². The molecule has 0 aliphatic carbocycles. The van der Waals surface area contributed by atoms with Crippen molar-refractivity contribution in [1.29, 1.82) is 0 Å². The third-order valence-electron chi connectivity index (χ3n) is 3.86. The number of benzene rings is 1. The summed E-state index contributed by atoms with van der Waals surface area (Å²) in [4.78, 5) is 16.5. The summed E-state index contributed by atoms with van der Waals surface area (Å²) in [5, 5.41) is 6.38. The zero-order valence-electron chi connectivity index (χ0n) is 13.4. The number of rotatable bonds is 4. The zero-order valence-corrected chi connectivity index (χ0v) is 15.1. The maximum absolute atomic E-state index is 12.1. The molecule has 1 aliphatic rings. The number of sulfone groups is 1. The van der Waals surface area contributed by atoms with Crippen LogP contribution in [-0.2, 0) is 14.6 Å². The van der Waals surface area contributed by atoms with E-state index < -0.39 is 9.84 Å². The second kappa shape index (κ2) is 6.49. The molecule has 24 heavy (non-hydrogen) atoms. The molecule has 1 amide bonds. The lowest BCUT2D eigenvalue weighted by Crippen LogP contribution is -2.17. The summed E-state index contributed by atoms with van der Waals surface area (Å²) in [7, 11) is -3.13. The van der Waals surface area contributed by atoms with Crippen molar-refractivity contribution in [2.45, 2.75) is 20.3 Å². The third kappa shape index (κ3) is 3.91. The topological polar surface area (TPSA) is 76.1 Å². The van der Waals surface area contributed by atoms with Crippen molar-refractivity contribution in [2.24, 2.45) is 5.92 Å². The highest BCUT2D eigenvalue weighted by Crippen LogP contribution is 2.28. The van der Waals surface area contributed by atoms with Crippen LogP contribution in [0.3, 0.4) is 0 Å². The molecule has 1 aromatic heterocycles. The molecule has 1 aromatic carbocycles. The number of allylic oxidation sites excluding steroid dienone is 1. The number of aryl methyl sites for hydroxylation is 2. The van der Waals surface area contributed by atoms with Gasteiger partial charge in [-0.05, 0) is 19.4 Å². The molecular formula is C17H18N2O3S2. The Balaban J connectivity index is 1.66. The smallest absolute Gasteiger partial charge is 0.226 e. The quantitative estimate of drug-likeness (QED) is 0.905. The minimum atomic E-state index is -3.13. The van der Waals surface area contributed by atoms with Gasteiger partial charge >= 0.3 is 0 Å². The van der Waals surface area contributed by atoms with Gasteiger partial charge in [-0.25, -0.2) is 13.4 Å². The Labute approximate surface area is 145 Å². The van der Waals surface area contributed by atoms with E-state index in [4.69, 9.17) is 0 Å². The molecule has 1 unspecified atom stereocenters. The fraction of sp³-hybridized carbons (Fsp3) is 0.294. The summed E-state index contributed by atoms with van der Waals surface area (Å²) in [6.07, 6.45) is 1.73. The van der Waals surface area contributed by atoms with Crippen molar-refractivity contribution in [3.05, 3.63) is 46.2 Å². The monoisotopic (exact) mass is 362 g/mol. The molecule has 7 heteroatoms. The molecule has 0 saturated heterocycles. The van der Waals surface area contributed by atoms with Gasteiger partial charge in [0.15, 0.2) is 15.0 Å². The second-order valence-electron chi connectivity index (χ2n) is 6.03. The maximum Gasteiger partial charge on any atom is 0.226 e. The Hall–Kier alpha value is -1.99. The SMILES string of the molecule is Cc1ccc(-c2csc(NC(=O)CC3C=CS(=O)(=O)C3)n2)c(C)c1. The number of amides is 1. The lowest BCUT2D eigenvalue weighted by atomic mass is 10.0. The van der Waals surface area contributed by atoms with Gasteiger partial charge in [0.25, 0.3) is 0 Å². The first-order valence-electron chi connectivity index (χ1n) is 7.56. The molecule has 5 nitrogen and oxygen atoms in total. The molecule has 126 valence electrons. The van der Waals surface area contributed by atoms with Crippen LogP contribution in [0.2, 0.25) is 0 Å². The van der Waals surface area contributed by atoms with E-state index in [0.29, 0.717) is 5.13 Å². The highest BCUT2D eigenvalue weighted by molar-refractivity contribution is 7.94. The maximum atomic E-state index is 12.1. The minimum Gasteiger partial charge on any atom is -0.302 e. The van der Waals surface area contributed by atoms with E-state index >= 15 is 0 Å². The van der Waals surface area contributed by atoms with Crippen LogP contribution in [0.4, 0.5) is 5.13 Å². The number of hydrogen-bond donors (Lipinski definition) is 1. The number of nitrogens with one attached hydrogen (secondary N) is 1. The summed E-state index contributed by atoms with van der Waals surface area (Å²) >= 11 is 1.36. The first kappa shape index (κ1) is 16.9. The fourth-order valence-corrected chi connectivity index (χ4v) is 4.86. The number of nitrogens with zero attached hydrogens (tertiary/aromatic N) is 1. The molecule has 2 heterocycles. The first-order chi connectivity index (χ1) is 11.3. The second-order valence-corrected chi connectivity index (χ2v) is 8.82. The highest BCUT2D eigenvalue weighted by Gasteiger charge is 2.24. The average Bonchev–Trinajstić information content (AvgIpc) is 3.05. The summed E-state index contributed by atoms with van der Waals surface area (Å²) in [6, 6.07) is 6.16. The van der Waals surface area contributed by atoms with E-state index in [1.165, 1.54) is 22.3 Å². The van der Waals surface area contributed by atoms with Crippen LogP contribution in [0.1, 0.15) is 17.5 Å². The van der Waals surface area contributed by atoms with Gasteiger partial charge < -0.3 is 5.32 Å². The van der Waals surface area contributed by atoms with Crippen molar-refractivity contribution in [1.82, 2.24) is 4.98 Å². The highest BCUT2D eigenvalue weighted by atomic mass is 32.2. The van der Waals surface area contributed by atoms with Crippen LogP contribution in [0.15, 0.2) is 35.1 Å². The van der Waals surface area contributed by atoms with Crippen LogP contribution in [0, 0.1) is 19.8 Å². The van der Waals surface area contributed by atoms with E-state index in [2.05, 4.69) is 16.4 Å².